The molecular weight excluding hydrogens is 208 g/mol. The first-order valence-corrected chi connectivity index (χ1v) is 5.63. The second kappa shape index (κ2) is 5.60. The first-order chi connectivity index (χ1) is 7.86. The highest BCUT2D eigenvalue weighted by Crippen LogP contribution is 2.06. The molecule has 1 aromatic rings. The Bertz CT molecular complexity index is 320. The van der Waals surface area contributed by atoms with Crippen LogP contribution in [0.15, 0.2) is 10.9 Å². The number of amides is 1. The van der Waals surface area contributed by atoms with Gasteiger partial charge in [-0.1, -0.05) is 11.6 Å². The van der Waals surface area contributed by atoms with E-state index in [2.05, 4.69) is 20.8 Å². The summed E-state index contributed by atoms with van der Waals surface area (Å²) in [5.74, 6) is 0.621. The van der Waals surface area contributed by atoms with Gasteiger partial charge >= 0.3 is 0 Å². The van der Waals surface area contributed by atoms with Crippen LogP contribution in [0.4, 0.5) is 0 Å². The monoisotopic (exact) mass is 224 g/mol. The molecule has 0 saturated carbocycles. The molecule has 6 nitrogen and oxygen atoms in total. The van der Waals surface area contributed by atoms with Crippen molar-refractivity contribution < 1.29 is 9.32 Å². The first kappa shape index (κ1) is 11.1. The van der Waals surface area contributed by atoms with Crippen molar-refractivity contribution in [1.29, 1.82) is 0 Å². The normalized spacial score (nSPS) is 20.6. The van der Waals surface area contributed by atoms with E-state index in [4.69, 9.17) is 4.52 Å². The molecule has 1 unspecified atom stereocenters. The Morgan fingerprint density at radius 3 is 3.25 bits per heavy atom. The van der Waals surface area contributed by atoms with E-state index >= 15 is 0 Å². The van der Waals surface area contributed by atoms with Crippen molar-refractivity contribution in [3.63, 3.8) is 0 Å². The van der Waals surface area contributed by atoms with E-state index in [0.717, 1.165) is 25.8 Å². The van der Waals surface area contributed by atoms with E-state index in [-0.39, 0.29) is 11.9 Å². The van der Waals surface area contributed by atoms with Gasteiger partial charge in [0, 0.05) is 13.0 Å². The van der Waals surface area contributed by atoms with Crippen LogP contribution in [0, 0.1) is 0 Å². The summed E-state index contributed by atoms with van der Waals surface area (Å²) < 4.78 is 4.83. The summed E-state index contributed by atoms with van der Waals surface area (Å²) in [7, 11) is 0. The van der Waals surface area contributed by atoms with E-state index in [1.807, 2.05) is 0 Å². The summed E-state index contributed by atoms with van der Waals surface area (Å²) in [5.41, 5.74) is 0. The third kappa shape index (κ3) is 3.03. The fraction of sp³-hybridized carbons (Fsp3) is 0.700. The van der Waals surface area contributed by atoms with Crippen LogP contribution in [0.1, 0.15) is 25.2 Å². The van der Waals surface area contributed by atoms with Crippen LogP contribution in [0.25, 0.3) is 0 Å². The molecule has 1 aliphatic rings. The quantitative estimate of drug-likeness (QED) is 0.744. The molecule has 0 aromatic carbocycles. The van der Waals surface area contributed by atoms with Crippen LogP contribution in [-0.2, 0) is 11.2 Å². The van der Waals surface area contributed by atoms with Crippen molar-refractivity contribution >= 4 is 5.91 Å². The standard InChI is InChI=1S/C10H16N4O2/c15-10(8-3-1-2-5-11-8)12-6-4-9-13-7-14-16-9/h7-8,11H,1-6H2,(H,12,15). The van der Waals surface area contributed by atoms with Gasteiger partial charge in [-0.3, -0.25) is 4.79 Å². The molecule has 1 aromatic heterocycles. The first-order valence-electron chi connectivity index (χ1n) is 5.63. The smallest absolute Gasteiger partial charge is 0.237 e. The minimum absolute atomic E-state index is 0.0311. The van der Waals surface area contributed by atoms with Crippen LogP contribution in [0.5, 0.6) is 0 Å². The molecule has 88 valence electrons. The van der Waals surface area contributed by atoms with Crippen molar-refractivity contribution in [2.75, 3.05) is 13.1 Å². The Hall–Kier alpha value is -1.43. The third-order valence-corrected chi connectivity index (χ3v) is 2.67. The van der Waals surface area contributed by atoms with E-state index in [1.54, 1.807) is 0 Å². The van der Waals surface area contributed by atoms with Gasteiger partial charge in [0.25, 0.3) is 0 Å². The highest BCUT2D eigenvalue weighted by atomic mass is 16.5. The predicted molar refractivity (Wildman–Crippen MR) is 56.7 cm³/mol. The lowest BCUT2D eigenvalue weighted by Gasteiger charge is -2.22. The van der Waals surface area contributed by atoms with Crippen molar-refractivity contribution in [1.82, 2.24) is 20.8 Å². The highest BCUT2D eigenvalue weighted by molar-refractivity contribution is 5.81. The van der Waals surface area contributed by atoms with Gasteiger partial charge in [-0.2, -0.15) is 4.98 Å². The molecule has 0 spiro atoms. The summed E-state index contributed by atoms with van der Waals surface area (Å²) in [6, 6.07) is -0.0311. The van der Waals surface area contributed by atoms with E-state index in [9.17, 15) is 4.79 Å². The number of nitrogens with zero attached hydrogens (tertiary/aromatic N) is 2. The molecule has 1 fully saturated rings. The van der Waals surface area contributed by atoms with Gasteiger partial charge in [-0.05, 0) is 19.4 Å². The number of piperidine rings is 1. The van der Waals surface area contributed by atoms with Crippen LogP contribution < -0.4 is 10.6 Å². The third-order valence-electron chi connectivity index (χ3n) is 2.67. The maximum absolute atomic E-state index is 11.7. The number of aromatic nitrogens is 2. The average Bonchev–Trinajstić information content (AvgIpc) is 2.83. The largest absolute Gasteiger partial charge is 0.354 e. The number of rotatable bonds is 4. The Morgan fingerprint density at radius 1 is 1.62 bits per heavy atom. The summed E-state index contributed by atoms with van der Waals surface area (Å²) in [5, 5.41) is 9.56. The number of hydrogen-bond donors (Lipinski definition) is 2. The maximum Gasteiger partial charge on any atom is 0.237 e. The number of carbonyl (C=O) groups is 1. The van der Waals surface area contributed by atoms with Crippen LogP contribution in [-0.4, -0.2) is 35.2 Å². The molecule has 2 N–H and O–H groups in total. The minimum Gasteiger partial charge on any atom is -0.354 e. The Labute approximate surface area is 93.8 Å². The summed E-state index contributed by atoms with van der Waals surface area (Å²) >= 11 is 0. The van der Waals surface area contributed by atoms with Gasteiger partial charge in [0.1, 0.15) is 0 Å². The van der Waals surface area contributed by atoms with Gasteiger partial charge in [0.15, 0.2) is 6.33 Å². The van der Waals surface area contributed by atoms with Crippen LogP contribution >= 0.6 is 0 Å². The second-order valence-corrected chi connectivity index (χ2v) is 3.88. The predicted octanol–water partition coefficient (Wildman–Crippen LogP) is -0.130. The molecule has 1 atom stereocenters. The maximum atomic E-state index is 11.7. The molecule has 16 heavy (non-hydrogen) atoms. The molecule has 0 aliphatic carbocycles. The van der Waals surface area contributed by atoms with E-state index in [1.165, 1.54) is 6.33 Å². The zero-order valence-corrected chi connectivity index (χ0v) is 9.11. The molecule has 1 saturated heterocycles. The van der Waals surface area contributed by atoms with Crippen LogP contribution in [0.3, 0.4) is 0 Å². The fourth-order valence-corrected chi connectivity index (χ4v) is 1.80. The summed E-state index contributed by atoms with van der Waals surface area (Å²) in [6.45, 7) is 1.47. The molecular formula is C10H16N4O2. The molecule has 0 bridgehead atoms. The SMILES string of the molecule is O=C(NCCc1ncno1)C1CCCCN1. The molecule has 6 heteroatoms. The average molecular weight is 224 g/mol. The van der Waals surface area contributed by atoms with E-state index in [0.29, 0.717) is 18.9 Å². The van der Waals surface area contributed by atoms with Gasteiger partial charge in [-0.25, -0.2) is 0 Å². The fourth-order valence-electron chi connectivity index (χ4n) is 1.80. The van der Waals surface area contributed by atoms with Crippen LogP contribution in [0.2, 0.25) is 0 Å². The molecule has 1 amide bonds. The summed E-state index contributed by atoms with van der Waals surface area (Å²) in [4.78, 5) is 15.6. The van der Waals surface area contributed by atoms with Crippen molar-refractivity contribution in [2.45, 2.75) is 31.7 Å². The Balaban J connectivity index is 1.67. The lowest BCUT2D eigenvalue weighted by molar-refractivity contribution is -0.123. The van der Waals surface area contributed by atoms with Gasteiger partial charge in [0.2, 0.25) is 11.8 Å². The Kier molecular flexibility index (Phi) is 3.87. The zero-order valence-electron chi connectivity index (χ0n) is 9.11. The van der Waals surface area contributed by atoms with Gasteiger partial charge in [0.05, 0.1) is 6.04 Å². The van der Waals surface area contributed by atoms with Crippen molar-refractivity contribution in [3.8, 4) is 0 Å². The molecule has 1 aliphatic heterocycles. The lowest BCUT2D eigenvalue weighted by atomic mass is 10.0. The van der Waals surface area contributed by atoms with Gasteiger partial charge < -0.3 is 15.2 Å². The van der Waals surface area contributed by atoms with Gasteiger partial charge in [-0.15, -0.1) is 0 Å². The number of nitrogens with one attached hydrogen (secondary N) is 2. The molecule has 2 heterocycles. The summed E-state index contributed by atoms with van der Waals surface area (Å²) in [6.07, 6.45) is 5.14. The van der Waals surface area contributed by atoms with E-state index < -0.39 is 0 Å². The topological polar surface area (TPSA) is 80.1 Å². The second-order valence-electron chi connectivity index (χ2n) is 3.88. The van der Waals surface area contributed by atoms with Crippen molar-refractivity contribution in [2.24, 2.45) is 0 Å². The molecule has 2 rings (SSSR count). The number of carbonyl (C=O) groups excluding carboxylic acids is 1. The number of hydrogen-bond acceptors (Lipinski definition) is 5. The Morgan fingerprint density at radius 2 is 2.56 bits per heavy atom. The highest BCUT2D eigenvalue weighted by Gasteiger charge is 2.19. The minimum atomic E-state index is -0.0311. The molecule has 0 radical (unpaired) electrons. The van der Waals surface area contributed by atoms with Crippen molar-refractivity contribution in [3.05, 3.63) is 12.2 Å². The zero-order chi connectivity index (χ0) is 11.2. The lowest BCUT2D eigenvalue weighted by Crippen LogP contribution is -2.47.